The van der Waals surface area contributed by atoms with Crippen LogP contribution in [0.2, 0.25) is 0 Å². The van der Waals surface area contributed by atoms with Crippen molar-refractivity contribution in [2.45, 2.75) is 63.6 Å². The molecule has 0 radical (unpaired) electrons. The van der Waals surface area contributed by atoms with Crippen LogP contribution in [0.15, 0.2) is 36.4 Å². The molecular formula is C23H31NO5. The van der Waals surface area contributed by atoms with Crippen LogP contribution in [0.25, 0.3) is 0 Å². The third kappa shape index (κ3) is 4.47. The highest BCUT2D eigenvalue weighted by Gasteiger charge is 2.44. The molecule has 0 aromatic heterocycles. The number of nitrogens with two attached hydrogens (primary N) is 1. The number of benzene rings is 2. The van der Waals surface area contributed by atoms with Gasteiger partial charge >= 0.3 is 0 Å². The normalized spacial score (nSPS) is 27.2. The Balaban J connectivity index is 1.96. The average Bonchev–Trinajstić information content (AvgIpc) is 2.74. The first-order valence-electron chi connectivity index (χ1n) is 10.2. The van der Waals surface area contributed by atoms with Crippen molar-refractivity contribution < 1.29 is 25.2 Å². The number of aliphatic hydroxyl groups excluding tert-OH is 4. The number of aryl methyl sites for hydroxylation is 2. The Kier molecular flexibility index (Phi) is 6.93. The molecular weight excluding hydrogens is 370 g/mol. The summed E-state index contributed by atoms with van der Waals surface area (Å²) in [4.78, 5) is 0. The molecule has 1 fully saturated rings. The van der Waals surface area contributed by atoms with Gasteiger partial charge in [0.25, 0.3) is 0 Å². The van der Waals surface area contributed by atoms with Gasteiger partial charge < -0.3 is 30.9 Å². The lowest BCUT2D eigenvalue weighted by molar-refractivity contribution is -0.231. The highest BCUT2D eigenvalue weighted by atomic mass is 16.5. The first-order valence-corrected chi connectivity index (χ1v) is 10.2. The first kappa shape index (κ1) is 21.7. The van der Waals surface area contributed by atoms with E-state index in [0.29, 0.717) is 24.1 Å². The predicted octanol–water partition coefficient (Wildman–Crippen LogP) is 1.50. The summed E-state index contributed by atoms with van der Waals surface area (Å²) in [6.45, 7) is 3.67. The second-order valence-corrected chi connectivity index (χ2v) is 7.70. The van der Waals surface area contributed by atoms with Gasteiger partial charge in [-0.2, -0.15) is 0 Å². The largest absolute Gasteiger partial charge is 0.398 e. The van der Waals surface area contributed by atoms with Gasteiger partial charge in [0.15, 0.2) is 0 Å². The first-order chi connectivity index (χ1) is 13.9. The molecule has 2 aromatic rings. The van der Waals surface area contributed by atoms with Crippen molar-refractivity contribution in [3.05, 3.63) is 64.2 Å². The van der Waals surface area contributed by atoms with E-state index < -0.39 is 37.1 Å². The van der Waals surface area contributed by atoms with Crippen molar-refractivity contribution in [2.24, 2.45) is 0 Å². The minimum Gasteiger partial charge on any atom is -0.398 e. The van der Waals surface area contributed by atoms with Crippen molar-refractivity contribution in [3.8, 4) is 0 Å². The van der Waals surface area contributed by atoms with Crippen LogP contribution >= 0.6 is 0 Å². The van der Waals surface area contributed by atoms with Crippen molar-refractivity contribution in [3.63, 3.8) is 0 Å². The molecule has 6 heteroatoms. The molecule has 1 saturated heterocycles. The zero-order chi connectivity index (χ0) is 21.1. The number of anilines is 1. The van der Waals surface area contributed by atoms with Crippen molar-refractivity contribution in [1.82, 2.24) is 0 Å². The molecule has 0 bridgehead atoms. The molecule has 6 nitrogen and oxygen atoms in total. The van der Waals surface area contributed by atoms with E-state index in [1.807, 2.05) is 19.1 Å². The molecule has 1 aliphatic heterocycles. The third-order valence-electron chi connectivity index (χ3n) is 5.80. The molecule has 6 N–H and O–H groups in total. The summed E-state index contributed by atoms with van der Waals surface area (Å²) < 4.78 is 5.74. The Morgan fingerprint density at radius 1 is 0.862 bits per heavy atom. The van der Waals surface area contributed by atoms with Gasteiger partial charge in [0.2, 0.25) is 0 Å². The second-order valence-electron chi connectivity index (χ2n) is 7.70. The Hall–Kier alpha value is -1.96. The zero-order valence-electron chi connectivity index (χ0n) is 17.0. The van der Waals surface area contributed by atoms with Gasteiger partial charge in [-0.05, 0) is 47.1 Å². The van der Waals surface area contributed by atoms with E-state index in [-0.39, 0.29) is 0 Å². The fraction of sp³-hybridized carbons (Fsp3) is 0.478. The van der Waals surface area contributed by atoms with Gasteiger partial charge in [0.1, 0.15) is 30.5 Å². The summed E-state index contributed by atoms with van der Waals surface area (Å²) in [5.74, 6) is 0. The lowest BCUT2D eigenvalue weighted by atomic mass is 9.88. The Labute approximate surface area is 171 Å². The van der Waals surface area contributed by atoms with Crippen LogP contribution in [-0.2, 0) is 24.0 Å². The summed E-state index contributed by atoms with van der Waals surface area (Å²) in [6.07, 6.45) is -3.57. The summed E-state index contributed by atoms with van der Waals surface area (Å²) in [5, 5.41) is 40.2. The molecule has 158 valence electrons. The van der Waals surface area contributed by atoms with E-state index >= 15 is 0 Å². The van der Waals surface area contributed by atoms with Gasteiger partial charge in [-0.1, -0.05) is 50.2 Å². The van der Waals surface area contributed by atoms with E-state index in [1.165, 1.54) is 5.56 Å². The highest BCUT2D eigenvalue weighted by Crippen LogP contribution is 2.35. The van der Waals surface area contributed by atoms with Gasteiger partial charge in [0.05, 0.1) is 6.61 Å². The van der Waals surface area contributed by atoms with Crippen LogP contribution in [-0.4, -0.2) is 51.4 Å². The quantitative estimate of drug-likeness (QED) is 0.469. The molecule has 3 rings (SSSR count). The maximum absolute atomic E-state index is 10.5. The number of rotatable bonds is 6. The van der Waals surface area contributed by atoms with E-state index in [0.717, 1.165) is 23.1 Å². The molecule has 0 aliphatic carbocycles. The Morgan fingerprint density at radius 3 is 2.07 bits per heavy atom. The lowest BCUT2D eigenvalue weighted by Crippen LogP contribution is -2.55. The number of hydrogen-bond donors (Lipinski definition) is 5. The number of aliphatic hydroxyl groups is 4. The van der Waals surface area contributed by atoms with Gasteiger partial charge in [-0.25, -0.2) is 0 Å². The van der Waals surface area contributed by atoms with E-state index in [4.69, 9.17) is 10.5 Å². The van der Waals surface area contributed by atoms with Crippen LogP contribution in [0.1, 0.15) is 47.8 Å². The van der Waals surface area contributed by atoms with Crippen LogP contribution in [0, 0.1) is 0 Å². The van der Waals surface area contributed by atoms with E-state index in [2.05, 4.69) is 31.2 Å². The van der Waals surface area contributed by atoms with Gasteiger partial charge in [-0.3, -0.25) is 0 Å². The van der Waals surface area contributed by atoms with E-state index in [1.54, 1.807) is 0 Å². The molecule has 0 spiro atoms. The lowest BCUT2D eigenvalue weighted by Gasteiger charge is -2.40. The summed E-state index contributed by atoms with van der Waals surface area (Å²) in [5.41, 5.74) is 12.0. The zero-order valence-corrected chi connectivity index (χ0v) is 17.0. The van der Waals surface area contributed by atoms with Crippen LogP contribution in [0.3, 0.4) is 0 Å². The number of nitrogen functional groups attached to an aromatic ring is 1. The fourth-order valence-electron chi connectivity index (χ4n) is 3.90. The maximum Gasteiger partial charge on any atom is 0.113 e. The monoisotopic (exact) mass is 401 g/mol. The molecule has 1 heterocycles. The average molecular weight is 402 g/mol. The highest BCUT2D eigenvalue weighted by molar-refractivity contribution is 5.57. The van der Waals surface area contributed by atoms with Crippen molar-refractivity contribution in [2.75, 3.05) is 12.3 Å². The number of ether oxygens (including phenoxy) is 1. The summed E-state index contributed by atoms with van der Waals surface area (Å²) >= 11 is 0. The fourth-order valence-corrected chi connectivity index (χ4v) is 3.90. The predicted molar refractivity (Wildman–Crippen MR) is 112 cm³/mol. The maximum atomic E-state index is 10.5. The standard InChI is InChI=1S/C23H31NO5/c1-3-13-5-7-14(8-6-13)9-16-11-17(10-15(4-2)19(16)24)23-22(28)21(27)20(26)18(12-25)29-23/h5-8,10-11,18,20-23,25-28H,3-4,9,12,24H2,1-2H3/t18-,20-,21+,22-,23+/m1/s1. The molecule has 0 unspecified atom stereocenters. The van der Waals surface area contributed by atoms with Crippen molar-refractivity contribution in [1.29, 1.82) is 0 Å². The second kappa shape index (κ2) is 9.24. The van der Waals surface area contributed by atoms with Crippen LogP contribution in [0.4, 0.5) is 5.69 Å². The molecule has 1 aliphatic rings. The third-order valence-corrected chi connectivity index (χ3v) is 5.80. The minimum atomic E-state index is -1.40. The molecule has 0 amide bonds. The molecule has 5 atom stereocenters. The number of hydrogen-bond acceptors (Lipinski definition) is 6. The summed E-state index contributed by atoms with van der Waals surface area (Å²) in [7, 11) is 0. The SMILES string of the molecule is CCc1ccc(Cc2cc([C@@H]3O[C@H](CO)[C@@H](O)[C@H](O)[C@H]3O)cc(CC)c2N)cc1. The van der Waals surface area contributed by atoms with E-state index in [9.17, 15) is 20.4 Å². The van der Waals surface area contributed by atoms with Crippen molar-refractivity contribution >= 4 is 5.69 Å². The van der Waals surface area contributed by atoms with Crippen LogP contribution in [0.5, 0.6) is 0 Å². The summed E-state index contributed by atoms with van der Waals surface area (Å²) in [6, 6.07) is 12.1. The smallest absolute Gasteiger partial charge is 0.113 e. The van der Waals surface area contributed by atoms with Gasteiger partial charge in [0, 0.05) is 5.69 Å². The molecule has 0 saturated carbocycles. The van der Waals surface area contributed by atoms with Crippen LogP contribution < -0.4 is 5.73 Å². The topological polar surface area (TPSA) is 116 Å². The van der Waals surface area contributed by atoms with Gasteiger partial charge in [-0.15, -0.1) is 0 Å². The Bertz CT molecular complexity index is 821. The Morgan fingerprint density at radius 2 is 1.48 bits per heavy atom. The molecule has 29 heavy (non-hydrogen) atoms. The minimum absolute atomic E-state index is 0.451. The molecule has 2 aromatic carbocycles.